The number of fused-ring (bicyclic) bond motifs is 1. The van der Waals surface area contributed by atoms with E-state index < -0.39 is 0 Å². The van der Waals surface area contributed by atoms with Gasteiger partial charge >= 0.3 is 0 Å². The predicted octanol–water partition coefficient (Wildman–Crippen LogP) is 3.34. The molecule has 0 aromatic carbocycles. The summed E-state index contributed by atoms with van der Waals surface area (Å²) in [4.78, 5) is 26.7. The Morgan fingerprint density at radius 3 is 3.04 bits per heavy atom. The Kier molecular flexibility index (Phi) is 4.52. The SMILES string of the molecule is O=C(Cc1cccs1)N[C@@H]1CCCc2nc(-c3cccnc3)ncc21. The minimum absolute atomic E-state index is 0.000777. The molecule has 25 heavy (non-hydrogen) atoms. The second-order valence-electron chi connectivity index (χ2n) is 6.11. The lowest BCUT2D eigenvalue weighted by Crippen LogP contribution is -2.32. The van der Waals surface area contributed by atoms with Crippen molar-refractivity contribution >= 4 is 17.2 Å². The number of carbonyl (C=O) groups is 1. The summed E-state index contributed by atoms with van der Waals surface area (Å²) < 4.78 is 0. The first kappa shape index (κ1) is 15.9. The van der Waals surface area contributed by atoms with Crippen molar-refractivity contribution in [3.05, 3.63) is 64.4 Å². The van der Waals surface area contributed by atoms with Crippen LogP contribution in [0.1, 0.15) is 35.0 Å². The Balaban J connectivity index is 1.53. The highest BCUT2D eigenvalue weighted by atomic mass is 32.1. The van der Waals surface area contributed by atoms with Gasteiger partial charge in [0.25, 0.3) is 0 Å². The first-order valence-corrected chi connectivity index (χ1v) is 9.25. The van der Waals surface area contributed by atoms with Crippen LogP contribution in [-0.2, 0) is 17.6 Å². The van der Waals surface area contributed by atoms with Gasteiger partial charge < -0.3 is 5.32 Å². The van der Waals surface area contributed by atoms with Crippen LogP contribution < -0.4 is 5.32 Å². The summed E-state index contributed by atoms with van der Waals surface area (Å²) in [5.41, 5.74) is 2.98. The summed E-state index contributed by atoms with van der Waals surface area (Å²) in [6.45, 7) is 0. The fourth-order valence-corrected chi connectivity index (χ4v) is 3.85. The number of nitrogens with one attached hydrogen (secondary N) is 1. The molecule has 0 unspecified atom stereocenters. The van der Waals surface area contributed by atoms with E-state index in [1.54, 1.807) is 23.7 Å². The van der Waals surface area contributed by atoms with Gasteiger partial charge in [-0.05, 0) is 42.8 Å². The van der Waals surface area contributed by atoms with Gasteiger partial charge in [-0.2, -0.15) is 0 Å². The van der Waals surface area contributed by atoms with Gasteiger partial charge in [0.05, 0.1) is 12.5 Å². The molecule has 1 atom stereocenters. The number of pyridine rings is 1. The third-order valence-electron chi connectivity index (χ3n) is 4.35. The fraction of sp³-hybridized carbons (Fsp3) is 0.263. The molecule has 0 fully saturated rings. The van der Waals surface area contributed by atoms with E-state index in [1.165, 1.54) is 0 Å². The maximum absolute atomic E-state index is 12.3. The van der Waals surface area contributed by atoms with Crippen molar-refractivity contribution in [2.24, 2.45) is 0 Å². The van der Waals surface area contributed by atoms with Crippen LogP contribution in [0.15, 0.2) is 48.2 Å². The maximum atomic E-state index is 12.3. The summed E-state index contributed by atoms with van der Waals surface area (Å²) in [5, 5.41) is 5.14. The number of hydrogen-bond acceptors (Lipinski definition) is 5. The Morgan fingerprint density at radius 2 is 2.24 bits per heavy atom. The van der Waals surface area contributed by atoms with Crippen molar-refractivity contribution < 1.29 is 4.79 Å². The molecule has 0 spiro atoms. The van der Waals surface area contributed by atoms with Crippen molar-refractivity contribution in [3.8, 4) is 11.4 Å². The maximum Gasteiger partial charge on any atom is 0.225 e. The second kappa shape index (κ2) is 7.11. The van der Waals surface area contributed by atoms with Crippen LogP contribution in [0, 0.1) is 0 Å². The van der Waals surface area contributed by atoms with Crippen molar-refractivity contribution in [2.45, 2.75) is 31.7 Å². The number of aryl methyl sites for hydroxylation is 1. The highest BCUT2D eigenvalue weighted by Gasteiger charge is 2.24. The number of thiophene rings is 1. The number of rotatable bonds is 4. The summed E-state index contributed by atoms with van der Waals surface area (Å²) in [7, 11) is 0. The molecule has 0 saturated heterocycles. The zero-order valence-electron chi connectivity index (χ0n) is 13.7. The third-order valence-corrected chi connectivity index (χ3v) is 5.23. The molecule has 3 aromatic heterocycles. The predicted molar refractivity (Wildman–Crippen MR) is 97.1 cm³/mol. The molecular formula is C19H18N4OS. The van der Waals surface area contributed by atoms with E-state index in [-0.39, 0.29) is 11.9 Å². The van der Waals surface area contributed by atoms with Gasteiger partial charge in [0, 0.05) is 40.3 Å². The molecule has 3 aromatic rings. The quantitative estimate of drug-likeness (QED) is 0.784. The highest BCUT2D eigenvalue weighted by molar-refractivity contribution is 7.10. The van der Waals surface area contributed by atoms with E-state index in [4.69, 9.17) is 4.98 Å². The first-order valence-electron chi connectivity index (χ1n) is 8.37. The Hall–Kier alpha value is -2.60. The van der Waals surface area contributed by atoms with E-state index in [2.05, 4.69) is 15.3 Å². The standard InChI is InChI=1S/C19H18N4OS/c24-18(10-14-5-3-9-25-14)22-16-6-1-7-17-15(16)12-21-19(23-17)13-4-2-8-20-11-13/h2-5,8-9,11-12,16H,1,6-7,10H2,(H,22,24)/t16-/m1/s1. The van der Waals surface area contributed by atoms with Crippen molar-refractivity contribution in [1.29, 1.82) is 0 Å². The molecule has 126 valence electrons. The van der Waals surface area contributed by atoms with Crippen LogP contribution in [0.2, 0.25) is 0 Å². The van der Waals surface area contributed by atoms with Gasteiger partial charge in [-0.1, -0.05) is 6.07 Å². The third kappa shape index (κ3) is 3.58. The minimum atomic E-state index is -0.000777. The van der Waals surface area contributed by atoms with Gasteiger partial charge in [-0.3, -0.25) is 9.78 Å². The number of hydrogen-bond donors (Lipinski definition) is 1. The van der Waals surface area contributed by atoms with Crippen LogP contribution in [0.4, 0.5) is 0 Å². The van der Waals surface area contributed by atoms with E-state index in [1.807, 2.05) is 35.8 Å². The topological polar surface area (TPSA) is 67.8 Å². The zero-order valence-corrected chi connectivity index (χ0v) is 14.5. The Bertz CT molecular complexity index is 864. The van der Waals surface area contributed by atoms with Gasteiger partial charge in [-0.25, -0.2) is 9.97 Å². The van der Waals surface area contributed by atoms with Gasteiger partial charge in [0.2, 0.25) is 5.91 Å². The number of aromatic nitrogens is 3. The van der Waals surface area contributed by atoms with Crippen molar-refractivity contribution in [2.75, 3.05) is 0 Å². The molecule has 3 heterocycles. The number of nitrogens with zero attached hydrogens (tertiary/aromatic N) is 3. The Morgan fingerprint density at radius 1 is 1.28 bits per heavy atom. The van der Waals surface area contributed by atoms with Crippen LogP contribution in [-0.4, -0.2) is 20.9 Å². The van der Waals surface area contributed by atoms with Crippen LogP contribution in [0.25, 0.3) is 11.4 Å². The normalized spacial score (nSPS) is 16.2. The van der Waals surface area contributed by atoms with Crippen LogP contribution >= 0.6 is 11.3 Å². The second-order valence-corrected chi connectivity index (χ2v) is 7.14. The summed E-state index contributed by atoms with van der Waals surface area (Å²) in [5.74, 6) is 0.744. The number of amides is 1. The number of carbonyl (C=O) groups excluding carboxylic acids is 1. The molecule has 4 rings (SSSR count). The molecule has 0 aliphatic heterocycles. The van der Waals surface area contributed by atoms with Gasteiger partial charge in [0.15, 0.2) is 5.82 Å². The molecule has 0 bridgehead atoms. The molecule has 0 saturated carbocycles. The molecular weight excluding hydrogens is 332 g/mol. The van der Waals surface area contributed by atoms with E-state index in [0.717, 1.165) is 41.0 Å². The largest absolute Gasteiger partial charge is 0.349 e. The average Bonchev–Trinajstić information content (AvgIpc) is 3.15. The lowest BCUT2D eigenvalue weighted by molar-refractivity contribution is -0.121. The van der Waals surface area contributed by atoms with Gasteiger partial charge in [0.1, 0.15) is 0 Å². The minimum Gasteiger partial charge on any atom is -0.349 e. The molecule has 1 aliphatic rings. The van der Waals surface area contributed by atoms with E-state index in [0.29, 0.717) is 12.2 Å². The molecule has 1 amide bonds. The van der Waals surface area contributed by atoms with Gasteiger partial charge in [-0.15, -0.1) is 11.3 Å². The van der Waals surface area contributed by atoms with Crippen molar-refractivity contribution in [1.82, 2.24) is 20.3 Å². The summed E-state index contributed by atoms with van der Waals surface area (Å²) in [6.07, 6.45) is 8.66. The molecule has 1 N–H and O–H groups in total. The zero-order chi connectivity index (χ0) is 17.1. The van der Waals surface area contributed by atoms with E-state index >= 15 is 0 Å². The molecule has 5 nitrogen and oxygen atoms in total. The average molecular weight is 350 g/mol. The first-order chi connectivity index (χ1) is 12.3. The smallest absolute Gasteiger partial charge is 0.225 e. The molecule has 6 heteroatoms. The lowest BCUT2D eigenvalue weighted by atomic mass is 9.92. The van der Waals surface area contributed by atoms with Crippen LogP contribution in [0.3, 0.4) is 0 Å². The summed E-state index contributed by atoms with van der Waals surface area (Å²) in [6, 6.07) is 7.79. The molecule has 0 radical (unpaired) electrons. The summed E-state index contributed by atoms with van der Waals surface area (Å²) >= 11 is 1.61. The highest BCUT2D eigenvalue weighted by Crippen LogP contribution is 2.29. The van der Waals surface area contributed by atoms with Crippen molar-refractivity contribution in [3.63, 3.8) is 0 Å². The monoisotopic (exact) mass is 350 g/mol. The molecule has 1 aliphatic carbocycles. The fourth-order valence-electron chi connectivity index (χ4n) is 3.15. The van der Waals surface area contributed by atoms with E-state index in [9.17, 15) is 4.79 Å². The van der Waals surface area contributed by atoms with Crippen LogP contribution in [0.5, 0.6) is 0 Å². The Labute approximate surface area is 150 Å². The lowest BCUT2D eigenvalue weighted by Gasteiger charge is -2.25.